The van der Waals surface area contributed by atoms with Gasteiger partial charge in [-0.25, -0.2) is 0 Å². The van der Waals surface area contributed by atoms with Crippen LogP contribution < -0.4 is 5.32 Å². The topological polar surface area (TPSA) is 38.3 Å². The number of carbonyl (C=O) groups is 1. The molecule has 2 rings (SSSR count). The molecule has 1 N–H and O–H groups in total. The fourth-order valence-corrected chi connectivity index (χ4v) is 2.91. The highest BCUT2D eigenvalue weighted by molar-refractivity contribution is 5.74. The summed E-state index contributed by atoms with van der Waals surface area (Å²) < 4.78 is 5.53. The third-order valence-corrected chi connectivity index (χ3v) is 3.93. The predicted octanol–water partition coefficient (Wildman–Crippen LogP) is 2.11. The van der Waals surface area contributed by atoms with E-state index >= 15 is 0 Å². The van der Waals surface area contributed by atoms with Crippen LogP contribution in [0, 0.1) is 11.3 Å². The molecule has 2 aliphatic rings. The first kappa shape index (κ1) is 11.9. The van der Waals surface area contributed by atoms with Crippen molar-refractivity contribution in [1.29, 1.82) is 0 Å². The number of ether oxygens (including phenoxy) is 1. The highest BCUT2D eigenvalue weighted by atomic mass is 16.6. The van der Waals surface area contributed by atoms with E-state index in [1.807, 2.05) is 20.8 Å². The van der Waals surface area contributed by atoms with Gasteiger partial charge in [0.2, 0.25) is 0 Å². The lowest BCUT2D eigenvalue weighted by molar-refractivity contribution is -0.170. The molecule has 3 heteroatoms. The molecule has 0 aromatic carbocycles. The molecule has 0 amide bonds. The summed E-state index contributed by atoms with van der Waals surface area (Å²) >= 11 is 0. The van der Waals surface area contributed by atoms with Gasteiger partial charge in [0.15, 0.2) is 0 Å². The van der Waals surface area contributed by atoms with E-state index in [0.717, 1.165) is 19.5 Å². The summed E-state index contributed by atoms with van der Waals surface area (Å²) in [6, 6.07) is 0. The summed E-state index contributed by atoms with van der Waals surface area (Å²) in [4.78, 5) is 12.2. The van der Waals surface area contributed by atoms with Crippen LogP contribution in [0.2, 0.25) is 0 Å². The fraction of sp³-hybridized carbons (Fsp3) is 0.923. The highest BCUT2D eigenvalue weighted by Gasteiger charge is 2.49. The van der Waals surface area contributed by atoms with Crippen LogP contribution >= 0.6 is 0 Å². The summed E-state index contributed by atoms with van der Waals surface area (Å²) in [5.74, 6) is 0.0774. The van der Waals surface area contributed by atoms with Crippen molar-refractivity contribution >= 4 is 5.97 Å². The molecule has 0 aromatic rings. The van der Waals surface area contributed by atoms with Gasteiger partial charge in [0, 0.05) is 6.54 Å². The molecule has 0 radical (unpaired) electrons. The first-order valence-corrected chi connectivity index (χ1v) is 6.37. The Bertz CT molecular complexity index is 276. The minimum atomic E-state index is -0.362. The van der Waals surface area contributed by atoms with E-state index in [4.69, 9.17) is 4.74 Å². The minimum absolute atomic E-state index is 0.000556. The van der Waals surface area contributed by atoms with Crippen molar-refractivity contribution in [1.82, 2.24) is 5.32 Å². The van der Waals surface area contributed by atoms with Crippen LogP contribution in [-0.2, 0) is 9.53 Å². The second kappa shape index (κ2) is 4.02. The average molecular weight is 225 g/mol. The van der Waals surface area contributed by atoms with Crippen LogP contribution in [0.1, 0.15) is 46.5 Å². The Balaban J connectivity index is 2.03. The van der Waals surface area contributed by atoms with Crippen molar-refractivity contribution in [2.75, 3.05) is 13.1 Å². The van der Waals surface area contributed by atoms with E-state index in [-0.39, 0.29) is 22.9 Å². The van der Waals surface area contributed by atoms with Crippen LogP contribution in [0.5, 0.6) is 0 Å². The summed E-state index contributed by atoms with van der Waals surface area (Å²) in [6.07, 6.45) is 4.83. The average Bonchev–Trinajstić information content (AvgIpc) is 2.12. The molecule has 1 aliphatic heterocycles. The SMILES string of the molecule is CC(C)(C)OC(=O)C1CNCCC12CCC2. The van der Waals surface area contributed by atoms with E-state index < -0.39 is 0 Å². The van der Waals surface area contributed by atoms with Gasteiger partial charge in [0.1, 0.15) is 5.60 Å². The fourth-order valence-electron chi connectivity index (χ4n) is 2.91. The lowest BCUT2D eigenvalue weighted by Gasteiger charge is -2.50. The lowest BCUT2D eigenvalue weighted by Crippen LogP contribution is -2.53. The van der Waals surface area contributed by atoms with Crippen LogP contribution in [0.25, 0.3) is 0 Å². The van der Waals surface area contributed by atoms with Crippen molar-refractivity contribution in [3.8, 4) is 0 Å². The number of hydrogen-bond acceptors (Lipinski definition) is 3. The zero-order valence-electron chi connectivity index (χ0n) is 10.6. The van der Waals surface area contributed by atoms with Crippen LogP contribution in [-0.4, -0.2) is 24.7 Å². The number of hydrogen-bond donors (Lipinski definition) is 1. The van der Waals surface area contributed by atoms with Gasteiger partial charge in [-0.15, -0.1) is 0 Å². The van der Waals surface area contributed by atoms with E-state index in [2.05, 4.69) is 5.32 Å². The number of carbonyl (C=O) groups excluding carboxylic acids is 1. The van der Waals surface area contributed by atoms with Crippen molar-refractivity contribution in [3.05, 3.63) is 0 Å². The van der Waals surface area contributed by atoms with Crippen molar-refractivity contribution in [2.24, 2.45) is 11.3 Å². The maximum atomic E-state index is 12.2. The third-order valence-electron chi connectivity index (χ3n) is 3.93. The van der Waals surface area contributed by atoms with Gasteiger partial charge in [0.05, 0.1) is 5.92 Å². The molecular weight excluding hydrogens is 202 g/mol. The van der Waals surface area contributed by atoms with Crippen molar-refractivity contribution < 1.29 is 9.53 Å². The van der Waals surface area contributed by atoms with Crippen LogP contribution in [0.15, 0.2) is 0 Å². The zero-order valence-corrected chi connectivity index (χ0v) is 10.6. The largest absolute Gasteiger partial charge is 0.460 e. The molecule has 2 fully saturated rings. The smallest absolute Gasteiger partial charge is 0.311 e. The quantitative estimate of drug-likeness (QED) is 0.695. The van der Waals surface area contributed by atoms with E-state index in [1.54, 1.807) is 0 Å². The molecule has 1 saturated heterocycles. The van der Waals surface area contributed by atoms with Crippen LogP contribution in [0.3, 0.4) is 0 Å². The van der Waals surface area contributed by atoms with E-state index in [9.17, 15) is 4.79 Å². The molecular formula is C13H23NO2. The minimum Gasteiger partial charge on any atom is -0.460 e. The number of nitrogens with one attached hydrogen (secondary N) is 1. The van der Waals surface area contributed by atoms with E-state index in [1.165, 1.54) is 19.3 Å². The number of rotatable bonds is 1. The Labute approximate surface area is 97.9 Å². The zero-order chi connectivity index (χ0) is 11.8. The summed E-state index contributed by atoms with van der Waals surface area (Å²) in [6.45, 7) is 7.67. The molecule has 1 atom stereocenters. The van der Waals surface area contributed by atoms with Gasteiger partial charge in [-0.3, -0.25) is 4.79 Å². The molecule has 1 spiro atoms. The van der Waals surface area contributed by atoms with Gasteiger partial charge in [0.25, 0.3) is 0 Å². The molecule has 1 aliphatic carbocycles. The normalized spacial score (nSPS) is 28.6. The monoisotopic (exact) mass is 225 g/mol. The Hall–Kier alpha value is -0.570. The standard InChI is InChI=1S/C13H23NO2/c1-12(2,3)16-11(15)10-9-14-8-7-13(10)5-4-6-13/h10,14H,4-9H2,1-3H3. The summed E-state index contributed by atoms with van der Waals surface area (Å²) in [5, 5.41) is 3.32. The van der Waals surface area contributed by atoms with Gasteiger partial charge in [-0.2, -0.15) is 0 Å². The Morgan fingerprint density at radius 2 is 2.00 bits per heavy atom. The molecule has 1 saturated carbocycles. The lowest BCUT2D eigenvalue weighted by atomic mass is 9.58. The molecule has 3 nitrogen and oxygen atoms in total. The molecule has 0 aromatic heterocycles. The predicted molar refractivity (Wildman–Crippen MR) is 63.1 cm³/mol. The van der Waals surface area contributed by atoms with E-state index in [0.29, 0.717) is 0 Å². The van der Waals surface area contributed by atoms with Gasteiger partial charge in [-0.05, 0) is 52.0 Å². The highest BCUT2D eigenvalue weighted by Crippen LogP contribution is 2.51. The summed E-state index contributed by atoms with van der Waals surface area (Å²) in [5.41, 5.74) is -0.0902. The molecule has 1 heterocycles. The molecule has 16 heavy (non-hydrogen) atoms. The number of piperidine rings is 1. The second-order valence-electron chi connectivity index (χ2n) is 6.26. The molecule has 92 valence electrons. The van der Waals surface area contributed by atoms with Gasteiger partial charge < -0.3 is 10.1 Å². The van der Waals surface area contributed by atoms with Crippen molar-refractivity contribution in [3.63, 3.8) is 0 Å². The Kier molecular flexibility index (Phi) is 2.99. The van der Waals surface area contributed by atoms with Gasteiger partial charge >= 0.3 is 5.97 Å². The molecule has 1 unspecified atom stereocenters. The maximum absolute atomic E-state index is 12.2. The van der Waals surface area contributed by atoms with Crippen LogP contribution in [0.4, 0.5) is 0 Å². The Morgan fingerprint density at radius 3 is 2.50 bits per heavy atom. The Morgan fingerprint density at radius 1 is 1.31 bits per heavy atom. The summed E-state index contributed by atoms with van der Waals surface area (Å²) in [7, 11) is 0. The molecule has 0 bridgehead atoms. The van der Waals surface area contributed by atoms with Gasteiger partial charge in [-0.1, -0.05) is 6.42 Å². The second-order valence-corrected chi connectivity index (χ2v) is 6.26. The first-order valence-electron chi connectivity index (χ1n) is 6.37. The first-order chi connectivity index (χ1) is 7.43. The third kappa shape index (κ3) is 2.24. The van der Waals surface area contributed by atoms with Crippen molar-refractivity contribution in [2.45, 2.75) is 52.1 Å². The number of esters is 1. The maximum Gasteiger partial charge on any atom is 0.311 e.